The second kappa shape index (κ2) is 4.83. The van der Waals surface area contributed by atoms with Crippen molar-refractivity contribution in [2.24, 2.45) is 0 Å². The Morgan fingerprint density at radius 3 is 2.80 bits per heavy atom. The summed E-state index contributed by atoms with van der Waals surface area (Å²) in [6, 6.07) is 10.6. The first-order chi connectivity index (χ1) is 7.40. The molecule has 0 saturated carbocycles. The van der Waals surface area contributed by atoms with E-state index in [9.17, 15) is 0 Å². The molecule has 0 radical (unpaired) electrons. The fourth-order valence-electron chi connectivity index (χ4n) is 2.00. The second-order valence-electron chi connectivity index (χ2n) is 3.91. The van der Waals surface area contributed by atoms with E-state index in [1.165, 1.54) is 24.0 Å². The average molecular weight is 199 g/mol. The topological polar surface area (TPSA) is 3.24 Å². The van der Waals surface area contributed by atoms with Crippen molar-refractivity contribution in [2.45, 2.75) is 12.8 Å². The lowest BCUT2D eigenvalue weighted by Gasteiger charge is -2.25. The summed E-state index contributed by atoms with van der Waals surface area (Å²) >= 11 is 0. The van der Waals surface area contributed by atoms with Crippen molar-refractivity contribution in [1.29, 1.82) is 0 Å². The maximum atomic E-state index is 3.78. The van der Waals surface area contributed by atoms with Gasteiger partial charge in [0.1, 0.15) is 0 Å². The standard InChI is InChI=1S/C14H17N/c1-2-10-15-11-6-9-14(12-15)13-7-4-3-5-8-13/h2-5,7-8,12H,1,6,9-11H2. The summed E-state index contributed by atoms with van der Waals surface area (Å²) in [6.45, 7) is 5.89. The highest BCUT2D eigenvalue weighted by Crippen LogP contribution is 2.24. The largest absolute Gasteiger partial charge is 0.373 e. The lowest BCUT2D eigenvalue weighted by molar-refractivity contribution is 0.395. The maximum Gasteiger partial charge on any atom is 0.0351 e. The molecule has 0 aromatic heterocycles. The van der Waals surface area contributed by atoms with Crippen LogP contribution in [-0.4, -0.2) is 18.0 Å². The van der Waals surface area contributed by atoms with E-state index in [2.05, 4.69) is 48.0 Å². The third-order valence-corrected chi connectivity index (χ3v) is 2.74. The Bertz CT molecular complexity index is 351. The van der Waals surface area contributed by atoms with Crippen molar-refractivity contribution in [3.05, 3.63) is 54.8 Å². The minimum atomic E-state index is 0.955. The van der Waals surface area contributed by atoms with Gasteiger partial charge in [-0.1, -0.05) is 36.4 Å². The predicted molar refractivity (Wildman–Crippen MR) is 65.4 cm³/mol. The molecule has 0 bridgehead atoms. The quantitative estimate of drug-likeness (QED) is 0.675. The highest BCUT2D eigenvalue weighted by atomic mass is 15.1. The van der Waals surface area contributed by atoms with Crippen LogP contribution in [0.4, 0.5) is 0 Å². The molecule has 1 aliphatic rings. The average Bonchev–Trinajstić information content (AvgIpc) is 2.31. The van der Waals surface area contributed by atoms with Gasteiger partial charge in [-0.3, -0.25) is 0 Å². The SMILES string of the molecule is C=CCN1C=C(c2ccccc2)CCC1. The summed E-state index contributed by atoms with van der Waals surface area (Å²) in [5.41, 5.74) is 2.80. The van der Waals surface area contributed by atoms with Crippen molar-refractivity contribution in [3.63, 3.8) is 0 Å². The van der Waals surface area contributed by atoms with Gasteiger partial charge in [0.25, 0.3) is 0 Å². The lowest BCUT2D eigenvalue weighted by Crippen LogP contribution is -2.22. The Labute approximate surface area is 91.7 Å². The fraction of sp³-hybridized carbons (Fsp3) is 0.286. The number of hydrogen-bond donors (Lipinski definition) is 0. The third kappa shape index (κ3) is 2.50. The molecule has 1 aromatic carbocycles. The summed E-state index contributed by atoms with van der Waals surface area (Å²) in [6.07, 6.45) is 6.68. The fourth-order valence-corrected chi connectivity index (χ4v) is 2.00. The number of benzene rings is 1. The molecular weight excluding hydrogens is 182 g/mol. The predicted octanol–water partition coefficient (Wildman–Crippen LogP) is 3.31. The van der Waals surface area contributed by atoms with Gasteiger partial charge < -0.3 is 4.90 Å². The molecule has 2 rings (SSSR count). The van der Waals surface area contributed by atoms with E-state index in [1.807, 2.05) is 6.08 Å². The van der Waals surface area contributed by atoms with Crippen LogP contribution in [-0.2, 0) is 0 Å². The molecule has 15 heavy (non-hydrogen) atoms. The van der Waals surface area contributed by atoms with Crippen LogP contribution in [0.25, 0.3) is 5.57 Å². The minimum absolute atomic E-state index is 0.955. The normalized spacial score (nSPS) is 16.0. The van der Waals surface area contributed by atoms with Crippen LogP contribution in [0, 0.1) is 0 Å². The summed E-state index contributed by atoms with van der Waals surface area (Å²) in [5, 5.41) is 0. The third-order valence-electron chi connectivity index (χ3n) is 2.74. The zero-order valence-corrected chi connectivity index (χ0v) is 9.02. The number of hydrogen-bond acceptors (Lipinski definition) is 1. The molecule has 0 saturated heterocycles. The van der Waals surface area contributed by atoms with Crippen LogP contribution < -0.4 is 0 Å². The highest BCUT2D eigenvalue weighted by molar-refractivity contribution is 5.65. The molecule has 1 heteroatoms. The zero-order chi connectivity index (χ0) is 10.5. The summed E-state index contributed by atoms with van der Waals surface area (Å²) in [7, 11) is 0. The zero-order valence-electron chi connectivity index (χ0n) is 9.02. The van der Waals surface area contributed by atoms with Gasteiger partial charge in [-0.15, -0.1) is 6.58 Å². The smallest absolute Gasteiger partial charge is 0.0351 e. The summed E-state index contributed by atoms with van der Waals surface area (Å²) < 4.78 is 0. The van der Waals surface area contributed by atoms with Crippen LogP contribution in [0.2, 0.25) is 0 Å². The first kappa shape index (κ1) is 10.0. The highest BCUT2D eigenvalue weighted by Gasteiger charge is 2.09. The van der Waals surface area contributed by atoms with Gasteiger partial charge in [0, 0.05) is 19.3 Å². The van der Waals surface area contributed by atoms with Crippen LogP contribution in [0.5, 0.6) is 0 Å². The van der Waals surface area contributed by atoms with E-state index in [0.717, 1.165) is 13.1 Å². The molecule has 0 atom stereocenters. The molecule has 0 spiro atoms. The Balaban J connectivity index is 2.18. The molecule has 0 amide bonds. The van der Waals surface area contributed by atoms with Crippen LogP contribution in [0.3, 0.4) is 0 Å². The van der Waals surface area contributed by atoms with Gasteiger partial charge in [0.2, 0.25) is 0 Å². The first-order valence-electron chi connectivity index (χ1n) is 5.51. The van der Waals surface area contributed by atoms with E-state index in [1.54, 1.807) is 0 Å². The van der Waals surface area contributed by atoms with Crippen LogP contribution in [0.1, 0.15) is 18.4 Å². The molecule has 1 heterocycles. The summed E-state index contributed by atoms with van der Waals surface area (Å²) in [4.78, 5) is 2.33. The molecule has 1 aliphatic heterocycles. The van der Waals surface area contributed by atoms with E-state index in [0.29, 0.717) is 0 Å². The second-order valence-corrected chi connectivity index (χ2v) is 3.91. The van der Waals surface area contributed by atoms with Crippen molar-refractivity contribution >= 4 is 5.57 Å². The Hall–Kier alpha value is -1.50. The molecule has 0 unspecified atom stereocenters. The van der Waals surface area contributed by atoms with Gasteiger partial charge in [0.15, 0.2) is 0 Å². The Morgan fingerprint density at radius 1 is 1.27 bits per heavy atom. The van der Waals surface area contributed by atoms with Gasteiger partial charge in [-0.05, 0) is 24.0 Å². The summed E-state index contributed by atoms with van der Waals surface area (Å²) in [5.74, 6) is 0. The molecule has 1 aromatic rings. The van der Waals surface area contributed by atoms with Crippen molar-refractivity contribution in [1.82, 2.24) is 4.90 Å². The lowest BCUT2D eigenvalue weighted by atomic mass is 9.99. The first-order valence-corrected chi connectivity index (χ1v) is 5.51. The Morgan fingerprint density at radius 2 is 2.07 bits per heavy atom. The number of allylic oxidation sites excluding steroid dienone is 1. The molecule has 0 aliphatic carbocycles. The molecule has 0 fully saturated rings. The van der Waals surface area contributed by atoms with Crippen LogP contribution in [0.15, 0.2) is 49.2 Å². The number of rotatable bonds is 3. The van der Waals surface area contributed by atoms with Gasteiger partial charge in [-0.2, -0.15) is 0 Å². The molecule has 1 nitrogen and oxygen atoms in total. The minimum Gasteiger partial charge on any atom is -0.373 e. The van der Waals surface area contributed by atoms with E-state index in [-0.39, 0.29) is 0 Å². The maximum absolute atomic E-state index is 3.78. The van der Waals surface area contributed by atoms with E-state index >= 15 is 0 Å². The van der Waals surface area contributed by atoms with Crippen molar-refractivity contribution in [3.8, 4) is 0 Å². The molecule has 78 valence electrons. The molecule has 0 N–H and O–H groups in total. The van der Waals surface area contributed by atoms with Crippen molar-refractivity contribution < 1.29 is 0 Å². The van der Waals surface area contributed by atoms with Gasteiger partial charge in [0.05, 0.1) is 0 Å². The van der Waals surface area contributed by atoms with Crippen LogP contribution >= 0.6 is 0 Å². The van der Waals surface area contributed by atoms with E-state index < -0.39 is 0 Å². The van der Waals surface area contributed by atoms with Gasteiger partial charge in [-0.25, -0.2) is 0 Å². The molecular formula is C14H17N. The Kier molecular flexibility index (Phi) is 3.23. The van der Waals surface area contributed by atoms with Gasteiger partial charge >= 0.3 is 0 Å². The monoisotopic (exact) mass is 199 g/mol. The van der Waals surface area contributed by atoms with Crippen molar-refractivity contribution in [2.75, 3.05) is 13.1 Å². The number of nitrogens with zero attached hydrogens (tertiary/aromatic N) is 1. The van der Waals surface area contributed by atoms with E-state index in [4.69, 9.17) is 0 Å².